The van der Waals surface area contributed by atoms with Crippen molar-refractivity contribution in [3.8, 4) is 0 Å². The molecule has 0 fully saturated rings. The zero-order valence-corrected chi connectivity index (χ0v) is 24.9. The molecule has 0 radical (unpaired) electrons. The highest BCUT2D eigenvalue weighted by Crippen LogP contribution is 2.39. The molecule has 0 aromatic heterocycles. The van der Waals surface area contributed by atoms with E-state index in [4.69, 9.17) is 17.2 Å². The number of hydrogen-bond donors (Lipinski definition) is 6. The van der Waals surface area contributed by atoms with Gasteiger partial charge in [0.2, 0.25) is 11.8 Å². The lowest BCUT2D eigenvalue weighted by Gasteiger charge is -2.38. The van der Waals surface area contributed by atoms with Crippen molar-refractivity contribution in [2.24, 2.45) is 17.2 Å². The number of anilines is 1. The zero-order chi connectivity index (χ0) is 35.1. The molecule has 1 aliphatic rings. The van der Waals surface area contributed by atoms with E-state index in [1.54, 1.807) is 0 Å². The third-order valence-corrected chi connectivity index (χ3v) is 7.36. The Hall–Kier alpha value is -4.26. The number of amides is 4. The number of aliphatic hydroxyl groups is 1. The van der Waals surface area contributed by atoms with Gasteiger partial charge in [-0.3, -0.25) is 19.2 Å². The molecule has 18 heteroatoms. The largest absolute Gasteiger partial charge is 0.416 e. The Morgan fingerprint density at radius 3 is 2.06 bits per heavy atom. The van der Waals surface area contributed by atoms with Gasteiger partial charge in [-0.2, -0.15) is 26.3 Å². The molecule has 12 nitrogen and oxygen atoms in total. The van der Waals surface area contributed by atoms with E-state index in [1.165, 1.54) is 4.90 Å². The zero-order valence-electron chi connectivity index (χ0n) is 24.9. The summed E-state index contributed by atoms with van der Waals surface area (Å²) in [6.45, 7) is 0.00791. The van der Waals surface area contributed by atoms with Crippen molar-refractivity contribution in [3.05, 3.63) is 64.7 Å². The predicted octanol–water partition coefficient (Wildman–Crippen LogP) is 0.873. The van der Waals surface area contributed by atoms with Crippen molar-refractivity contribution < 1.29 is 50.6 Å². The van der Waals surface area contributed by atoms with E-state index in [1.807, 2.05) is 0 Å². The van der Waals surface area contributed by atoms with Gasteiger partial charge in [0.1, 0.15) is 12.1 Å². The second-order valence-electron chi connectivity index (χ2n) is 10.6. The van der Waals surface area contributed by atoms with E-state index in [2.05, 4.69) is 10.6 Å². The topological polar surface area (TPSA) is 197 Å². The second-order valence-corrected chi connectivity index (χ2v) is 10.6. The van der Waals surface area contributed by atoms with Gasteiger partial charge in [0, 0.05) is 56.8 Å². The maximum absolute atomic E-state index is 13.5. The highest BCUT2D eigenvalue weighted by atomic mass is 19.4. The number of nitrogens with one attached hydrogen (secondary N) is 2. The van der Waals surface area contributed by atoms with Crippen LogP contribution in [0, 0.1) is 0 Å². The summed E-state index contributed by atoms with van der Waals surface area (Å²) in [5, 5.41) is 15.7. The number of halogens is 6. The first-order valence-electron chi connectivity index (χ1n) is 14.4. The van der Waals surface area contributed by atoms with E-state index >= 15 is 0 Å². The Balaban J connectivity index is 1.76. The Bertz CT molecular complexity index is 1430. The van der Waals surface area contributed by atoms with Crippen LogP contribution in [0.2, 0.25) is 0 Å². The molecule has 0 saturated carbocycles. The first-order chi connectivity index (χ1) is 22.0. The van der Waals surface area contributed by atoms with E-state index in [0.717, 1.165) is 23.1 Å². The molecule has 4 amide bonds. The van der Waals surface area contributed by atoms with E-state index in [0.29, 0.717) is 24.3 Å². The normalized spacial score (nSPS) is 17.1. The lowest BCUT2D eigenvalue weighted by Crippen LogP contribution is -2.58. The minimum absolute atomic E-state index is 0.139. The first kappa shape index (κ1) is 37.2. The third-order valence-electron chi connectivity index (χ3n) is 7.36. The van der Waals surface area contributed by atoms with Crippen molar-refractivity contribution >= 4 is 29.3 Å². The highest BCUT2D eigenvalue weighted by molar-refractivity contribution is 6.03. The average Bonchev–Trinajstić information content (AvgIpc) is 3.01. The number of benzene rings is 2. The molecule has 1 heterocycles. The highest BCUT2D eigenvalue weighted by Gasteiger charge is 2.42. The lowest BCUT2D eigenvalue weighted by molar-refractivity contribution is -0.138. The van der Waals surface area contributed by atoms with Crippen LogP contribution in [0.3, 0.4) is 0 Å². The van der Waals surface area contributed by atoms with Crippen LogP contribution in [0.15, 0.2) is 42.5 Å². The smallest absolute Gasteiger partial charge is 0.386 e. The van der Waals surface area contributed by atoms with Crippen LogP contribution in [-0.4, -0.2) is 85.0 Å². The lowest BCUT2D eigenvalue weighted by atomic mass is 9.92. The van der Waals surface area contributed by atoms with Crippen molar-refractivity contribution in [2.75, 3.05) is 44.2 Å². The molecule has 0 bridgehead atoms. The number of nitrogens with zero attached hydrogens (tertiary/aromatic N) is 2. The van der Waals surface area contributed by atoms with Crippen LogP contribution in [0.25, 0.3) is 0 Å². The van der Waals surface area contributed by atoms with Crippen molar-refractivity contribution in [3.63, 3.8) is 0 Å². The van der Waals surface area contributed by atoms with Crippen molar-refractivity contribution in [2.45, 2.75) is 43.4 Å². The van der Waals surface area contributed by atoms with Gasteiger partial charge in [-0.1, -0.05) is 6.07 Å². The van der Waals surface area contributed by atoms with E-state index in [9.17, 15) is 50.6 Å². The number of nitrogens with two attached hydrogens (primary N) is 3. The maximum Gasteiger partial charge on any atom is 0.416 e. The van der Waals surface area contributed by atoms with Crippen LogP contribution in [0.5, 0.6) is 0 Å². The van der Waals surface area contributed by atoms with Gasteiger partial charge in [-0.05, 0) is 42.8 Å². The number of hydrogen-bond acceptors (Lipinski definition) is 8. The van der Waals surface area contributed by atoms with E-state index in [-0.39, 0.29) is 68.3 Å². The van der Waals surface area contributed by atoms with Gasteiger partial charge >= 0.3 is 12.4 Å². The summed E-state index contributed by atoms with van der Waals surface area (Å²) in [7, 11) is 0. The van der Waals surface area contributed by atoms with Crippen LogP contribution < -0.4 is 32.7 Å². The molecule has 1 aliphatic heterocycles. The summed E-state index contributed by atoms with van der Waals surface area (Å²) in [6, 6.07) is 2.51. The molecule has 3 atom stereocenters. The molecular formula is C29H35F6N7O5. The van der Waals surface area contributed by atoms with Crippen LogP contribution >= 0.6 is 0 Å². The fraction of sp³-hybridized carbons (Fsp3) is 0.448. The quantitative estimate of drug-likeness (QED) is 0.168. The van der Waals surface area contributed by atoms with Crippen molar-refractivity contribution in [1.29, 1.82) is 0 Å². The summed E-state index contributed by atoms with van der Waals surface area (Å²) >= 11 is 0. The molecular weight excluding hydrogens is 640 g/mol. The standard InChI is InChI=1S/C29H35F6N7O5/c30-28(31,32)17-3-1-16(2-4-17)25(45)39-11-14-42-21-15-18(29(33,34)35)5-6-19(21)24(44)23(27(42)47)40-26(46)20(38)7-8-22(43)41(12-9-36)13-10-37/h1-6,15,20,23-24,44H,7-14,36-38H2,(H,39,45)(H,40,46)/t20-,23-,24+/m0/s1. The molecule has 2 aromatic rings. The number of aliphatic hydroxyl groups excluding tert-OH is 1. The number of carbonyl (C=O) groups is 4. The SMILES string of the molecule is NCCN(CCN)C(=O)CC[C@H](N)C(=O)N[C@@H]1C(=O)N(CCNC(=O)c2ccc(C(F)(F)F)cc2)c2cc(C(F)(F)F)ccc2[C@H]1O. The fourth-order valence-corrected chi connectivity index (χ4v) is 4.87. The minimum atomic E-state index is -4.81. The molecule has 258 valence electrons. The summed E-state index contributed by atoms with van der Waals surface area (Å²) in [6.07, 6.45) is -11.5. The molecule has 0 aliphatic carbocycles. The predicted molar refractivity (Wildman–Crippen MR) is 156 cm³/mol. The Morgan fingerprint density at radius 1 is 0.936 bits per heavy atom. The molecule has 3 rings (SSSR count). The van der Waals surface area contributed by atoms with Gasteiger partial charge in [-0.25, -0.2) is 0 Å². The Morgan fingerprint density at radius 2 is 1.51 bits per heavy atom. The number of rotatable bonds is 13. The van der Waals surface area contributed by atoms with Crippen LogP contribution in [-0.2, 0) is 26.7 Å². The average molecular weight is 676 g/mol. The molecule has 47 heavy (non-hydrogen) atoms. The Kier molecular flexibility index (Phi) is 12.3. The van der Waals surface area contributed by atoms with Gasteiger partial charge in [-0.15, -0.1) is 0 Å². The summed E-state index contributed by atoms with van der Waals surface area (Å²) < 4.78 is 79.1. The molecule has 9 N–H and O–H groups in total. The van der Waals surface area contributed by atoms with Crippen LogP contribution in [0.4, 0.5) is 32.0 Å². The Labute approximate surface area is 265 Å². The van der Waals surface area contributed by atoms with Gasteiger partial charge in [0.05, 0.1) is 22.9 Å². The van der Waals surface area contributed by atoms with Gasteiger partial charge < -0.3 is 42.7 Å². The minimum Gasteiger partial charge on any atom is -0.386 e. The number of fused-ring (bicyclic) bond motifs is 1. The molecule has 0 saturated heterocycles. The van der Waals surface area contributed by atoms with Gasteiger partial charge in [0.15, 0.2) is 0 Å². The van der Waals surface area contributed by atoms with Crippen molar-refractivity contribution in [1.82, 2.24) is 15.5 Å². The summed E-state index contributed by atoms with van der Waals surface area (Å²) in [5.41, 5.74) is 14.2. The number of carbonyl (C=O) groups excluding carboxylic acids is 4. The molecule has 0 spiro atoms. The summed E-state index contributed by atoms with van der Waals surface area (Å²) in [5.74, 6) is -3.14. The fourth-order valence-electron chi connectivity index (χ4n) is 4.87. The third kappa shape index (κ3) is 9.40. The number of alkyl halides is 6. The molecule has 0 unspecified atom stereocenters. The monoisotopic (exact) mass is 675 g/mol. The second kappa shape index (κ2) is 15.6. The molecule has 2 aromatic carbocycles. The van der Waals surface area contributed by atoms with E-state index < -0.39 is 65.9 Å². The maximum atomic E-state index is 13.5. The first-order valence-corrected chi connectivity index (χ1v) is 14.4. The van der Waals surface area contributed by atoms with Gasteiger partial charge in [0.25, 0.3) is 11.8 Å². The van der Waals surface area contributed by atoms with Crippen LogP contribution in [0.1, 0.15) is 46.0 Å². The summed E-state index contributed by atoms with van der Waals surface area (Å²) in [4.78, 5) is 53.7.